The molecule has 108 valence electrons. The molecule has 2 rings (SSSR count). The van der Waals surface area contributed by atoms with Gasteiger partial charge in [0.25, 0.3) is 0 Å². The Hall–Kier alpha value is -2.02. The normalized spacial score (nSPS) is 22.1. The van der Waals surface area contributed by atoms with Crippen molar-refractivity contribution in [3.05, 3.63) is 39.7 Å². The van der Waals surface area contributed by atoms with Gasteiger partial charge in [-0.3, -0.25) is 15.0 Å². The summed E-state index contributed by atoms with van der Waals surface area (Å²) in [5, 5.41) is 22.8. The van der Waals surface area contributed by atoms with Gasteiger partial charge in [0, 0.05) is 43.6 Å². The van der Waals surface area contributed by atoms with E-state index >= 15 is 0 Å². The summed E-state index contributed by atoms with van der Waals surface area (Å²) in [7, 11) is 0. The Bertz CT molecular complexity index is 548. The van der Waals surface area contributed by atoms with Crippen molar-refractivity contribution in [3.8, 4) is 0 Å². The summed E-state index contributed by atoms with van der Waals surface area (Å²) >= 11 is 0. The van der Waals surface area contributed by atoms with Crippen molar-refractivity contribution in [2.24, 2.45) is 11.1 Å². The summed E-state index contributed by atoms with van der Waals surface area (Å²) in [6, 6.07) is 4.21. The number of hydrogen-bond acceptors (Lipinski definition) is 5. The van der Waals surface area contributed by atoms with Gasteiger partial charge in [-0.25, -0.2) is 0 Å². The van der Waals surface area contributed by atoms with Crippen molar-refractivity contribution in [3.63, 3.8) is 0 Å². The van der Waals surface area contributed by atoms with Gasteiger partial charge in [0.2, 0.25) is 5.82 Å². The summed E-state index contributed by atoms with van der Waals surface area (Å²) < 4.78 is 14.0. The van der Waals surface area contributed by atoms with E-state index in [-0.39, 0.29) is 5.92 Å². The maximum absolute atomic E-state index is 14.0. The molecule has 1 saturated heterocycles. The largest absolute Gasteiger partial charge is 0.411 e. The van der Waals surface area contributed by atoms with E-state index in [2.05, 4.69) is 5.16 Å². The second-order valence-corrected chi connectivity index (χ2v) is 4.98. The predicted octanol–water partition coefficient (Wildman–Crippen LogP) is 2.41. The lowest BCUT2D eigenvalue weighted by molar-refractivity contribution is -0.387. The molecule has 0 bridgehead atoms. The summed E-state index contributed by atoms with van der Waals surface area (Å²) in [5.74, 6) is -0.678. The molecule has 6 nitrogen and oxygen atoms in total. The van der Waals surface area contributed by atoms with Crippen LogP contribution in [0.2, 0.25) is 0 Å². The predicted molar refractivity (Wildman–Crippen MR) is 71.3 cm³/mol. The molecule has 0 radical (unpaired) electrons. The van der Waals surface area contributed by atoms with Gasteiger partial charge in [0.15, 0.2) is 0 Å². The number of nitro groups is 1. The SMILES string of the molecule is CC1CN(Cc2cccc([N+](=O)[O-])c2F)CC/C1=N\O. The zero-order valence-electron chi connectivity index (χ0n) is 11.1. The molecule has 1 heterocycles. The van der Waals surface area contributed by atoms with Gasteiger partial charge in [-0.2, -0.15) is 4.39 Å². The zero-order valence-corrected chi connectivity index (χ0v) is 11.1. The van der Waals surface area contributed by atoms with Crippen LogP contribution in [0.5, 0.6) is 0 Å². The lowest BCUT2D eigenvalue weighted by Gasteiger charge is -2.31. The highest BCUT2D eigenvalue weighted by atomic mass is 19.1. The van der Waals surface area contributed by atoms with Gasteiger partial charge in [-0.05, 0) is 0 Å². The van der Waals surface area contributed by atoms with E-state index < -0.39 is 16.4 Å². The molecule has 20 heavy (non-hydrogen) atoms. The first-order valence-corrected chi connectivity index (χ1v) is 6.38. The first-order chi connectivity index (χ1) is 9.52. The summed E-state index contributed by atoms with van der Waals surface area (Å²) in [6.07, 6.45) is 0.619. The minimum Gasteiger partial charge on any atom is -0.411 e. The van der Waals surface area contributed by atoms with Crippen LogP contribution in [0.15, 0.2) is 23.4 Å². The minimum atomic E-state index is -0.772. The third-order valence-corrected chi connectivity index (χ3v) is 3.56. The Labute approximate surface area is 115 Å². The van der Waals surface area contributed by atoms with Crippen LogP contribution in [0.1, 0.15) is 18.9 Å². The first kappa shape index (κ1) is 14.4. The molecule has 1 atom stereocenters. The van der Waals surface area contributed by atoms with Crippen LogP contribution in [0.25, 0.3) is 0 Å². The van der Waals surface area contributed by atoms with Crippen LogP contribution >= 0.6 is 0 Å². The quantitative estimate of drug-likeness (QED) is 0.524. The average Bonchev–Trinajstić information content (AvgIpc) is 2.41. The second-order valence-electron chi connectivity index (χ2n) is 4.98. The molecule has 0 amide bonds. The molecular formula is C13H16FN3O3. The van der Waals surface area contributed by atoms with Crippen molar-refractivity contribution in [1.29, 1.82) is 0 Å². The summed E-state index contributed by atoms with van der Waals surface area (Å²) in [6.45, 7) is 3.54. The fourth-order valence-corrected chi connectivity index (χ4v) is 2.47. The van der Waals surface area contributed by atoms with E-state index in [1.54, 1.807) is 6.07 Å². The van der Waals surface area contributed by atoms with Gasteiger partial charge in [0.1, 0.15) is 0 Å². The highest BCUT2D eigenvalue weighted by molar-refractivity contribution is 5.86. The van der Waals surface area contributed by atoms with Gasteiger partial charge < -0.3 is 5.21 Å². The van der Waals surface area contributed by atoms with E-state index in [0.29, 0.717) is 31.6 Å². The first-order valence-electron chi connectivity index (χ1n) is 6.38. The number of oxime groups is 1. The molecule has 0 aliphatic carbocycles. The van der Waals surface area contributed by atoms with Crippen LogP contribution in [0, 0.1) is 21.8 Å². The fraction of sp³-hybridized carbons (Fsp3) is 0.462. The molecule has 1 N–H and O–H groups in total. The Morgan fingerprint density at radius 3 is 2.95 bits per heavy atom. The van der Waals surface area contributed by atoms with E-state index in [1.807, 2.05) is 11.8 Å². The number of nitro benzene ring substituents is 1. The molecule has 0 spiro atoms. The van der Waals surface area contributed by atoms with Crippen LogP contribution in [0.4, 0.5) is 10.1 Å². The highest BCUT2D eigenvalue weighted by Crippen LogP contribution is 2.23. The molecule has 1 aliphatic rings. The molecule has 0 saturated carbocycles. The van der Waals surface area contributed by atoms with E-state index in [1.165, 1.54) is 6.07 Å². The third-order valence-electron chi connectivity index (χ3n) is 3.56. The summed E-state index contributed by atoms with van der Waals surface area (Å²) in [4.78, 5) is 12.0. The number of halogens is 1. The Kier molecular flexibility index (Phi) is 4.29. The molecule has 1 aliphatic heterocycles. The maximum Gasteiger partial charge on any atom is 0.305 e. The Morgan fingerprint density at radius 2 is 2.35 bits per heavy atom. The average molecular weight is 281 g/mol. The van der Waals surface area contributed by atoms with E-state index in [9.17, 15) is 14.5 Å². The van der Waals surface area contributed by atoms with E-state index in [4.69, 9.17) is 5.21 Å². The third kappa shape index (κ3) is 2.93. The van der Waals surface area contributed by atoms with Crippen molar-refractivity contribution in [2.45, 2.75) is 19.9 Å². The van der Waals surface area contributed by atoms with Crippen LogP contribution in [-0.2, 0) is 6.54 Å². The molecule has 1 aromatic rings. The highest BCUT2D eigenvalue weighted by Gasteiger charge is 2.24. The molecule has 7 heteroatoms. The Morgan fingerprint density at radius 1 is 1.60 bits per heavy atom. The fourth-order valence-electron chi connectivity index (χ4n) is 2.47. The van der Waals surface area contributed by atoms with Gasteiger partial charge in [0.05, 0.1) is 10.6 Å². The second kappa shape index (κ2) is 5.96. The van der Waals surface area contributed by atoms with Crippen molar-refractivity contribution < 1.29 is 14.5 Å². The van der Waals surface area contributed by atoms with E-state index in [0.717, 1.165) is 11.8 Å². The van der Waals surface area contributed by atoms with Crippen molar-refractivity contribution in [1.82, 2.24) is 4.90 Å². The molecule has 1 unspecified atom stereocenters. The number of likely N-dealkylation sites (tertiary alicyclic amines) is 1. The lowest BCUT2D eigenvalue weighted by Crippen LogP contribution is -2.39. The molecule has 1 fully saturated rings. The minimum absolute atomic E-state index is 0.0931. The molecular weight excluding hydrogens is 265 g/mol. The molecule has 1 aromatic carbocycles. The zero-order chi connectivity index (χ0) is 14.7. The smallest absolute Gasteiger partial charge is 0.305 e. The number of nitrogens with zero attached hydrogens (tertiary/aromatic N) is 3. The number of hydrogen-bond donors (Lipinski definition) is 1. The standard InChI is InChI=1S/C13H16FN3O3/c1-9-7-16(6-5-11(9)15-18)8-10-3-2-4-12(13(10)14)17(19)20/h2-4,9,18H,5-8H2,1H3/b15-11+. The van der Waals surface area contributed by atoms with Gasteiger partial charge in [-0.1, -0.05) is 24.2 Å². The van der Waals surface area contributed by atoms with Gasteiger partial charge in [-0.15, -0.1) is 0 Å². The van der Waals surface area contributed by atoms with Crippen LogP contribution in [-0.4, -0.2) is 33.8 Å². The monoisotopic (exact) mass is 281 g/mol. The number of piperidine rings is 1. The molecule has 0 aromatic heterocycles. The van der Waals surface area contributed by atoms with Crippen molar-refractivity contribution >= 4 is 11.4 Å². The van der Waals surface area contributed by atoms with Gasteiger partial charge >= 0.3 is 5.69 Å². The number of benzene rings is 1. The maximum atomic E-state index is 14.0. The topological polar surface area (TPSA) is 79.0 Å². The Balaban J connectivity index is 2.12. The van der Waals surface area contributed by atoms with Crippen LogP contribution in [0.3, 0.4) is 0 Å². The number of rotatable bonds is 3. The van der Waals surface area contributed by atoms with Crippen molar-refractivity contribution in [2.75, 3.05) is 13.1 Å². The summed E-state index contributed by atoms with van der Waals surface area (Å²) in [5.41, 5.74) is 0.557. The lowest BCUT2D eigenvalue weighted by atomic mass is 9.97. The van der Waals surface area contributed by atoms with Crippen LogP contribution < -0.4 is 0 Å².